The summed E-state index contributed by atoms with van der Waals surface area (Å²) in [7, 11) is 0. The molecule has 4 rings (SSSR count). The highest BCUT2D eigenvalue weighted by molar-refractivity contribution is 5.84. The highest BCUT2D eigenvalue weighted by atomic mass is 19.4. The molecule has 2 aromatic rings. The van der Waals surface area contributed by atoms with Gasteiger partial charge in [-0.25, -0.2) is 14.4 Å². The molecule has 1 aromatic heterocycles. The third kappa shape index (κ3) is 6.22. The lowest BCUT2D eigenvalue weighted by Crippen LogP contribution is -2.50. The van der Waals surface area contributed by atoms with Gasteiger partial charge in [-0.1, -0.05) is 25.5 Å². The predicted molar refractivity (Wildman–Crippen MR) is 134 cm³/mol. The smallest absolute Gasteiger partial charge is 0.353 e. The van der Waals surface area contributed by atoms with Crippen molar-refractivity contribution in [2.45, 2.75) is 76.2 Å². The maximum absolute atomic E-state index is 14.4. The molecule has 3 atom stereocenters. The number of fused-ring (bicyclic) bond motifs is 1. The zero-order valence-corrected chi connectivity index (χ0v) is 21.6. The molecule has 2 heterocycles. The van der Waals surface area contributed by atoms with E-state index in [4.69, 9.17) is 5.73 Å². The number of piperazine rings is 1. The van der Waals surface area contributed by atoms with E-state index in [-0.39, 0.29) is 11.8 Å². The van der Waals surface area contributed by atoms with Gasteiger partial charge in [0.1, 0.15) is 18.3 Å². The minimum absolute atomic E-state index is 0.0247. The monoisotopic (exact) mass is 521 g/mol. The maximum Gasteiger partial charge on any atom is 0.416 e. The van der Waals surface area contributed by atoms with Crippen LogP contribution >= 0.6 is 0 Å². The van der Waals surface area contributed by atoms with E-state index in [1.54, 1.807) is 4.90 Å². The summed E-state index contributed by atoms with van der Waals surface area (Å²) in [6.07, 6.45) is -1.85. The Morgan fingerprint density at radius 3 is 2.35 bits per heavy atom. The summed E-state index contributed by atoms with van der Waals surface area (Å²) in [6.45, 7) is 7.77. The van der Waals surface area contributed by atoms with Crippen LogP contribution in [0.15, 0.2) is 30.6 Å². The van der Waals surface area contributed by atoms with Crippen LogP contribution in [-0.2, 0) is 11.0 Å². The summed E-state index contributed by atoms with van der Waals surface area (Å²) >= 11 is 0. The first-order chi connectivity index (χ1) is 17.3. The molecule has 6 nitrogen and oxygen atoms in total. The van der Waals surface area contributed by atoms with Gasteiger partial charge < -0.3 is 15.5 Å². The Morgan fingerprint density at radius 2 is 1.76 bits per heavy atom. The largest absolute Gasteiger partial charge is 0.416 e. The number of anilines is 1. The molecular weight excluding hydrogens is 486 g/mol. The lowest BCUT2D eigenvalue weighted by molar-refractivity contribution is -0.137. The number of aromatic nitrogens is 2. The van der Waals surface area contributed by atoms with Crippen molar-refractivity contribution >= 4 is 11.7 Å². The van der Waals surface area contributed by atoms with Crippen LogP contribution in [0.25, 0.3) is 0 Å². The first kappa shape index (κ1) is 27.3. The molecule has 0 bridgehead atoms. The lowest BCUT2D eigenvalue weighted by Gasteiger charge is -2.38. The number of carbonyl (C=O) groups excluding carboxylic acids is 1. The fourth-order valence-electron chi connectivity index (χ4n) is 5.37. The summed E-state index contributed by atoms with van der Waals surface area (Å²) < 4.78 is 53.6. The van der Waals surface area contributed by atoms with E-state index >= 15 is 0 Å². The summed E-state index contributed by atoms with van der Waals surface area (Å²) in [5.41, 5.74) is 6.87. The second kappa shape index (κ2) is 10.6. The SMILES string of the molecule is C[C@@H]1C[C@H](F)c2ncnc(N3CCN(C(=O)[C@H](CCCC(C)(C)N)c4ccc(C(F)(F)F)cc4)CC3)c21. The number of halogens is 4. The Kier molecular flexibility index (Phi) is 7.78. The Labute approximate surface area is 215 Å². The maximum atomic E-state index is 14.4. The normalized spacial score (nSPS) is 21.2. The van der Waals surface area contributed by atoms with Crippen LogP contribution in [0.3, 0.4) is 0 Å². The first-order valence-electron chi connectivity index (χ1n) is 12.8. The van der Waals surface area contributed by atoms with E-state index in [0.29, 0.717) is 63.1 Å². The van der Waals surface area contributed by atoms with Crippen molar-refractivity contribution in [3.05, 3.63) is 53.0 Å². The van der Waals surface area contributed by atoms with Gasteiger partial charge in [0.2, 0.25) is 5.91 Å². The molecular formula is C27H35F4N5O. The number of nitrogens with zero attached hydrogens (tertiary/aromatic N) is 4. The van der Waals surface area contributed by atoms with Crippen molar-refractivity contribution in [2.75, 3.05) is 31.1 Å². The van der Waals surface area contributed by atoms with E-state index in [9.17, 15) is 22.4 Å². The van der Waals surface area contributed by atoms with Crippen molar-refractivity contribution in [2.24, 2.45) is 5.73 Å². The van der Waals surface area contributed by atoms with E-state index in [0.717, 1.165) is 23.5 Å². The quantitative estimate of drug-likeness (QED) is 0.497. The van der Waals surface area contributed by atoms with Crippen LogP contribution in [0, 0.1) is 0 Å². The molecule has 37 heavy (non-hydrogen) atoms. The molecule has 1 fully saturated rings. The van der Waals surface area contributed by atoms with Crippen LogP contribution in [0.1, 0.15) is 86.8 Å². The molecule has 0 radical (unpaired) electrons. The lowest BCUT2D eigenvalue weighted by atomic mass is 9.88. The zero-order chi connectivity index (χ0) is 27.0. The van der Waals surface area contributed by atoms with Crippen LogP contribution in [-0.4, -0.2) is 52.5 Å². The van der Waals surface area contributed by atoms with Crippen molar-refractivity contribution in [3.63, 3.8) is 0 Å². The van der Waals surface area contributed by atoms with Crippen LogP contribution in [0.5, 0.6) is 0 Å². The van der Waals surface area contributed by atoms with Gasteiger partial charge in [-0.2, -0.15) is 13.2 Å². The molecule has 0 saturated carbocycles. The second-order valence-corrected chi connectivity index (χ2v) is 11.0. The summed E-state index contributed by atoms with van der Waals surface area (Å²) in [5.74, 6) is 0.108. The Balaban J connectivity index is 1.48. The Bertz CT molecular complexity index is 1090. The summed E-state index contributed by atoms with van der Waals surface area (Å²) in [4.78, 5) is 26.1. The number of rotatable bonds is 7. The van der Waals surface area contributed by atoms with Gasteiger partial charge >= 0.3 is 6.18 Å². The Hall–Kier alpha value is -2.75. The standard InChI is InChI=1S/C27H35F4N5O/c1-17-15-21(28)23-22(17)24(34-16-33-23)35-11-13-36(14-12-35)25(37)20(5-4-10-26(2,3)32)18-6-8-19(9-7-18)27(29,30)31/h6-9,16-17,20-21H,4-5,10-15,32H2,1-3H3/t17-,20-,21+/m1/s1. The topological polar surface area (TPSA) is 75.4 Å². The summed E-state index contributed by atoms with van der Waals surface area (Å²) in [5, 5.41) is 0. The average molecular weight is 522 g/mol. The van der Waals surface area contributed by atoms with Gasteiger partial charge in [0.05, 0.1) is 17.2 Å². The van der Waals surface area contributed by atoms with Crippen LogP contribution in [0.4, 0.5) is 23.4 Å². The van der Waals surface area contributed by atoms with Crippen LogP contribution < -0.4 is 10.6 Å². The van der Waals surface area contributed by atoms with Gasteiger partial charge in [-0.15, -0.1) is 0 Å². The van der Waals surface area contributed by atoms with Gasteiger partial charge in [0, 0.05) is 37.3 Å². The molecule has 1 aliphatic carbocycles. The molecule has 0 unspecified atom stereocenters. The third-order valence-corrected chi connectivity index (χ3v) is 7.39. The first-order valence-corrected chi connectivity index (χ1v) is 12.8. The van der Waals surface area contributed by atoms with Crippen LogP contribution in [0.2, 0.25) is 0 Å². The van der Waals surface area contributed by atoms with E-state index in [2.05, 4.69) is 14.9 Å². The van der Waals surface area contributed by atoms with Gasteiger partial charge in [-0.05, 0) is 56.7 Å². The molecule has 2 aliphatic rings. The number of hydrogen-bond acceptors (Lipinski definition) is 5. The van der Waals surface area contributed by atoms with Gasteiger partial charge in [-0.3, -0.25) is 4.79 Å². The third-order valence-electron chi connectivity index (χ3n) is 7.39. The number of hydrogen-bond donors (Lipinski definition) is 1. The van der Waals surface area contributed by atoms with Gasteiger partial charge in [0.25, 0.3) is 0 Å². The number of alkyl halides is 4. The predicted octanol–water partition coefficient (Wildman–Crippen LogP) is 5.35. The van der Waals surface area contributed by atoms with Crippen molar-refractivity contribution in [3.8, 4) is 0 Å². The summed E-state index contributed by atoms with van der Waals surface area (Å²) in [6, 6.07) is 4.90. The average Bonchev–Trinajstić information content (AvgIpc) is 3.14. The van der Waals surface area contributed by atoms with Gasteiger partial charge in [0.15, 0.2) is 0 Å². The number of amides is 1. The molecule has 1 aromatic carbocycles. The van der Waals surface area contributed by atoms with E-state index < -0.39 is 29.4 Å². The van der Waals surface area contributed by atoms with Crippen molar-refractivity contribution in [1.29, 1.82) is 0 Å². The molecule has 0 spiro atoms. The highest BCUT2D eigenvalue weighted by Gasteiger charge is 2.36. The second-order valence-electron chi connectivity index (χ2n) is 11.0. The molecule has 1 saturated heterocycles. The molecule has 202 valence electrons. The Morgan fingerprint density at radius 1 is 1.11 bits per heavy atom. The molecule has 10 heteroatoms. The minimum atomic E-state index is -4.43. The minimum Gasteiger partial charge on any atom is -0.353 e. The fraction of sp³-hybridized carbons (Fsp3) is 0.593. The number of benzene rings is 1. The molecule has 1 amide bonds. The number of carbonyl (C=O) groups is 1. The molecule has 1 aliphatic heterocycles. The van der Waals surface area contributed by atoms with Crippen molar-refractivity contribution in [1.82, 2.24) is 14.9 Å². The van der Waals surface area contributed by atoms with E-state index in [1.165, 1.54) is 18.5 Å². The highest BCUT2D eigenvalue weighted by Crippen LogP contribution is 2.44. The number of nitrogens with two attached hydrogens (primary N) is 1. The fourth-order valence-corrected chi connectivity index (χ4v) is 5.37. The van der Waals surface area contributed by atoms with Crippen molar-refractivity contribution < 1.29 is 22.4 Å². The zero-order valence-electron chi connectivity index (χ0n) is 21.6. The van der Waals surface area contributed by atoms with E-state index in [1.807, 2.05) is 20.8 Å². The molecule has 2 N–H and O–H groups in total.